The van der Waals surface area contributed by atoms with E-state index in [4.69, 9.17) is 11.6 Å². The van der Waals surface area contributed by atoms with Crippen molar-refractivity contribution in [2.24, 2.45) is 0 Å². The van der Waals surface area contributed by atoms with Crippen molar-refractivity contribution in [1.29, 1.82) is 0 Å². The fraction of sp³-hybridized carbons (Fsp3) is 0. The zero-order valence-corrected chi connectivity index (χ0v) is 9.83. The van der Waals surface area contributed by atoms with Crippen molar-refractivity contribution in [3.63, 3.8) is 0 Å². The zero-order chi connectivity index (χ0) is 11.4. The van der Waals surface area contributed by atoms with Crippen LogP contribution < -0.4 is 0 Å². The fourth-order valence-corrected chi connectivity index (χ4v) is 2.36. The van der Waals surface area contributed by atoms with Crippen LogP contribution >= 0.6 is 23.4 Å². The summed E-state index contributed by atoms with van der Waals surface area (Å²) < 4.78 is 0. The predicted octanol–water partition coefficient (Wildman–Crippen LogP) is 3.70. The highest BCUT2D eigenvalue weighted by Gasteiger charge is 2.05. The summed E-state index contributed by atoms with van der Waals surface area (Å²) in [5.41, 5.74) is 0.625. The molecular formula is C12H8ClNOS. The molecule has 0 unspecified atom stereocenters. The Bertz CT molecular complexity index is 502. The molecule has 80 valence electrons. The van der Waals surface area contributed by atoms with E-state index in [1.807, 2.05) is 18.2 Å². The van der Waals surface area contributed by atoms with Gasteiger partial charge in [0.05, 0.1) is 0 Å². The molecule has 0 aliphatic carbocycles. The molecule has 0 aliphatic heterocycles. The summed E-state index contributed by atoms with van der Waals surface area (Å²) >= 11 is 7.32. The number of pyridine rings is 1. The second-order valence-corrected chi connectivity index (χ2v) is 4.57. The van der Waals surface area contributed by atoms with Gasteiger partial charge in [0.2, 0.25) is 0 Å². The van der Waals surface area contributed by atoms with Crippen LogP contribution in [-0.4, -0.2) is 11.3 Å². The Hall–Kier alpha value is -1.32. The Kier molecular flexibility index (Phi) is 3.59. The van der Waals surface area contributed by atoms with Crippen molar-refractivity contribution in [1.82, 2.24) is 4.98 Å². The average molecular weight is 250 g/mol. The molecule has 0 spiro atoms. The van der Waals surface area contributed by atoms with E-state index in [2.05, 4.69) is 4.98 Å². The third-order valence-electron chi connectivity index (χ3n) is 1.95. The first-order valence-corrected chi connectivity index (χ1v) is 5.82. The van der Waals surface area contributed by atoms with E-state index >= 15 is 0 Å². The summed E-state index contributed by atoms with van der Waals surface area (Å²) in [6.07, 6.45) is 2.54. The van der Waals surface area contributed by atoms with Crippen LogP contribution in [0.25, 0.3) is 0 Å². The molecule has 1 aromatic carbocycles. The molecule has 0 bridgehead atoms. The molecule has 0 aliphatic rings. The summed E-state index contributed by atoms with van der Waals surface area (Å²) in [7, 11) is 0. The molecule has 4 heteroatoms. The Morgan fingerprint density at radius 2 is 2.12 bits per heavy atom. The Morgan fingerprint density at radius 1 is 1.25 bits per heavy atom. The van der Waals surface area contributed by atoms with Gasteiger partial charge >= 0.3 is 0 Å². The van der Waals surface area contributed by atoms with Crippen LogP contribution in [0.3, 0.4) is 0 Å². The average Bonchev–Trinajstić information content (AvgIpc) is 2.31. The van der Waals surface area contributed by atoms with Crippen molar-refractivity contribution in [2.45, 2.75) is 9.92 Å². The maximum Gasteiger partial charge on any atom is 0.151 e. The maximum absolute atomic E-state index is 10.9. The van der Waals surface area contributed by atoms with Crippen molar-refractivity contribution in [3.8, 4) is 0 Å². The molecule has 0 saturated heterocycles. The van der Waals surface area contributed by atoms with Gasteiger partial charge in [-0.2, -0.15) is 0 Å². The van der Waals surface area contributed by atoms with E-state index in [0.29, 0.717) is 10.6 Å². The largest absolute Gasteiger partial charge is 0.298 e. The molecule has 1 heterocycles. The van der Waals surface area contributed by atoms with E-state index in [9.17, 15) is 4.79 Å². The second kappa shape index (κ2) is 5.14. The normalized spacial score (nSPS) is 10.1. The Balaban J connectivity index is 2.33. The molecule has 0 fully saturated rings. The molecule has 0 atom stereocenters. The number of hydrogen-bond donors (Lipinski definition) is 0. The minimum absolute atomic E-state index is 0.615. The van der Waals surface area contributed by atoms with Gasteiger partial charge in [0.25, 0.3) is 0 Å². The lowest BCUT2D eigenvalue weighted by Gasteiger charge is -2.04. The van der Waals surface area contributed by atoms with E-state index in [1.54, 1.807) is 24.4 Å². The van der Waals surface area contributed by atoms with Crippen molar-refractivity contribution in [2.75, 3.05) is 0 Å². The van der Waals surface area contributed by atoms with E-state index in [1.165, 1.54) is 11.8 Å². The molecule has 0 radical (unpaired) electrons. The number of aldehydes is 1. The quantitative estimate of drug-likeness (QED) is 0.777. The molecule has 0 saturated carbocycles. The van der Waals surface area contributed by atoms with Gasteiger partial charge in [0.1, 0.15) is 5.03 Å². The van der Waals surface area contributed by atoms with Gasteiger partial charge in [-0.1, -0.05) is 29.4 Å². The van der Waals surface area contributed by atoms with Crippen molar-refractivity contribution in [3.05, 3.63) is 53.2 Å². The molecule has 0 N–H and O–H groups in total. The van der Waals surface area contributed by atoms with Gasteiger partial charge in [0.15, 0.2) is 6.29 Å². The number of carbonyl (C=O) groups is 1. The smallest absolute Gasteiger partial charge is 0.151 e. The standard InChI is InChI=1S/C12H8ClNOS/c13-10-5-4-9(8-15)11(7-10)16-12-3-1-2-6-14-12/h1-8H. The summed E-state index contributed by atoms with van der Waals surface area (Å²) in [6, 6.07) is 10.8. The summed E-state index contributed by atoms with van der Waals surface area (Å²) in [4.78, 5) is 15.9. The number of aromatic nitrogens is 1. The van der Waals surface area contributed by atoms with Crippen molar-refractivity contribution < 1.29 is 4.79 Å². The third-order valence-corrected chi connectivity index (χ3v) is 3.21. The van der Waals surface area contributed by atoms with E-state index < -0.39 is 0 Å². The first kappa shape index (κ1) is 11.2. The van der Waals surface area contributed by atoms with Gasteiger partial charge in [-0.25, -0.2) is 4.98 Å². The van der Waals surface area contributed by atoms with E-state index in [0.717, 1.165) is 16.2 Å². The van der Waals surface area contributed by atoms with Crippen LogP contribution in [0.4, 0.5) is 0 Å². The zero-order valence-electron chi connectivity index (χ0n) is 8.26. The molecule has 2 rings (SSSR count). The number of carbonyl (C=O) groups excluding carboxylic acids is 1. The van der Waals surface area contributed by atoms with Gasteiger partial charge in [-0.3, -0.25) is 4.79 Å². The van der Waals surface area contributed by atoms with Crippen molar-refractivity contribution >= 4 is 29.6 Å². The Labute approximate surface area is 103 Å². The molecular weight excluding hydrogens is 242 g/mol. The molecule has 2 aromatic rings. The van der Waals surface area contributed by atoms with E-state index in [-0.39, 0.29) is 0 Å². The number of hydrogen-bond acceptors (Lipinski definition) is 3. The first-order chi connectivity index (χ1) is 7.79. The van der Waals surface area contributed by atoms with Gasteiger partial charge in [-0.15, -0.1) is 0 Å². The number of rotatable bonds is 3. The number of benzene rings is 1. The third kappa shape index (κ3) is 2.62. The second-order valence-electron chi connectivity index (χ2n) is 3.07. The van der Waals surface area contributed by atoms with Crippen LogP contribution in [0, 0.1) is 0 Å². The Morgan fingerprint density at radius 3 is 2.81 bits per heavy atom. The summed E-state index contributed by atoms with van der Waals surface area (Å²) in [5, 5.41) is 1.46. The molecule has 2 nitrogen and oxygen atoms in total. The van der Waals surface area contributed by atoms with Gasteiger partial charge in [0, 0.05) is 21.7 Å². The lowest BCUT2D eigenvalue weighted by atomic mass is 10.2. The topological polar surface area (TPSA) is 30.0 Å². The minimum Gasteiger partial charge on any atom is -0.298 e. The highest BCUT2D eigenvalue weighted by atomic mass is 35.5. The molecule has 1 aromatic heterocycles. The highest BCUT2D eigenvalue weighted by Crippen LogP contribution is 2.30. The highest BCUT2D eigenvalue weighted by molar-refractivity contribution is 7.99. The fourth-order valence-electron chi connectivity index (χ4n) is 1.21. The monoisotopic (exact) mass is 249 g/mol. The molecule has 16 heavy (non-hydrogen) atoms. The molecule has 0 amide bonds. The van der Waals surface area contributed by atoms with Gasteiger partial charge < -0.3 is 0 Å². The predicted molar refractivity (Wildman–Crippen MR) is 65.2 cm³/mol. The van der Waals surface area contributed by atoms with Crippen LogP contribution in [0.5, 0.6) is 0 Å². The lowest BCUT2D eigenvalue weighted by Crippen LogP contribution is -1.86. The SMILES string of the molecule is O=Cc1ccc(Cl)cc1Sc1ccccn1. The number of halogens is 1. The first-order valence-electron chi connectivity index (χ1n) is 4.63. The van der Waals surface area contributed by atoms with Gasteiger partial charge in [-0.05, 0) is 30.3 Å². The maximum atomic E-state index is 10.9. The number of nitrogens with zero attached hydrogens (tertiary/aromatic N) is 1. The van der Waals surface area contributed by atoms with Crippen LogP contribution in [0.2, 0.25) is 5.02 Å². The van der Waals surface area contributed by atoms with Crippen LogP contribution in [-0.2, 0) is 0 Å². The lowest BCUT2D eigenvalue weighted by molar-refractivity contribution is 0.112. The van der Waals surface area contributed by atoms with Crippen LogP contribution in [0.15, 0.2) is 52.5 Å². The summed E-state index contributed by atoms with van der Waals surface area (Å²) in [6.45, 7) is 0. The van der Waals surface area contributed by atoms with Crippen LogP contribution in [0.1, 0.15) is 10.4 Å². The minimum atomic E-state index is 0.615. The summed E-state index contributed by atoms with van der Waals surface area (Å²) in [5.74, 6) is 0.